The first-order valence-electron chi connectivity index (χ1n) is 6.60. The van der Waals surface area contributed by atoms with E-state index >= 15 is 0 Å². The maximum absolute atomic E-state index is 12.4. The van der Waals surface area contributed by atoms with Crippen LogP contribution in [0.4, 0.5) is 0 Å². The van der Waals surface area contributed by atoms with Crippen LogP contribution in [0.2, 0.25) is 0 Å². The van der Waals surface area contributed by atoms with Crippen LogP contribution < -0.4 is 0 Å². The number of rotatable bonds is 3. The topological polar surface area (TPSA) is 54.5 Å². The molecule has 0 aromatic heterocycles. The Kier molecular flexibility index (Phi) is 4.69. The predicted octanol–water partition coefficient (Wildman–Crippen LogP) is 1.59. The summed E-state index contributed by atoms with van der Waals surface area (Å²) in [6, 6.07) is 0.300. The van der Waals surface area contributed by atoms with Gasteiger partial charge in [-0.1, -0.05) is 15.9 Å². The molecule has 2 aliphatic rings. The molecule has 18 heavy (non-hydrogen) atoms. The molecule has 2 atom stereocenters. The summed E-state index contributed by atoms with van der Waals surface area (Å²) in [5.41, 5.74) is 0. The molecule has 0 aromatic carbocycles. The second kappa shape index (κ2) is 5.90. The maximum Gasteiger partial charge on any atom is 0.226 e. The van der Waals surface area contributed by atoms with Crippen molar-refractivity contribution >= 4 is 31.7 Å². The van der Waals surface area contributed by atoms with E-state index in [0.29, 0.717) is 12.5 Å². The molecule has 0 aliphatic carbocycles. The highest BCUT2D eigenvalue weighted by molar-refractivity contribution is 9.09. The summed E-state index contributed by atoms with van der Waals surface area (Å²) in [5.74, 6) is 0.0247. The highest BCUT2D eigenvalue weighted by Crippen LogP contribution is 2.26. The highest BCUT2D eigenvalue weighted by atomic mass is 79.9. The first-order valence-corrected chi connectivity index (χ1v) is 9.54. The van der Waals surface area contributed by atoms with Gasteiger partial charge in [-0.25, -0.2) is 8.42 Å². The van der Waals surface area contributed by atoms with Gasteiger partial charge in [0.2, 0.25) is 5.91 Å². The Hall–Kier alpha value is -0.100. The molecule has 104 valence electrons. The number of hydrogen-bond acceptors (Lipinski definition) is 3. The summed E-state index contributed by atoms with van der Waals surface area (Å²) in [6.07, 6.45) is 4.75. The standard InChI is InChI=1S/C12H20BrNO3S/c13-6-4-11-3-1-2-7-14(11)12(15)10-5-8-18(16,17)9-10/h10-11H,1-9H2. The zero-order chi connectivity index (χ0) is 13.2. The van der Waals surface area contributed by atoms with Gasteiger partial charge < -0.3 is 4.90 Å². The van der Waals surface area contributed by atoms with Gasteiger partial charge in [-0.15, -0.1) is 0 Å². The van der Waals surface area contributed by atoms with Gasteiger partial charge in [0.15, 0.2) is 9.84 Å². The van der Waals surface area contributed by atoms with Crippen LogP contribution in [0.1, 0.15) is 32.1 Å². The van der Waals surface area contributed by atoms with Gasteiger partial charge >= 0.3 is 0 Å². The fraction of sp³-hybridized carbons (Fsp3) is 0.917. The van der Waals surface area contributed by atoms with E-state index in [2.05, 4.69) is 15.9 Å². The lowest BCUT2D eigenvalue weighted by molar-refractivity contribution is -0.138. The van der Waals surface area contributed by atoms with Crippen molar-refractivity contribution in [3.8, 4) is 0 Å². The Morgan fingerprint density at radius 3 is 2.67 bits per heavy atom. The quantitative estimate of drug-likeness (QED) is 0.735. The zero-order valence-corrected chi connectivity index (χ0v) is 12.9. The molecule has 0 saturated carbocycles. The average molecular weight is 338 g/mol. The van der Waals surface area contributed by atoms with Gasteiger partial charge in [0, 0.05) is 17.9 Å². The van der Waals surface area contributed by atoms with Crippen molar-refractivity contribution in [2.75, 3.05) is 23.4 Å². The Balaban J connectivity index is 2.02. The molecule has 2 heterocycles. The van der Waals surface area contributed by atoms with Crippen LogP contribution in [-0.4, -0.2) is 48.6 Å². The smallest absolute Gasteiger partial charge is 0.226 e. The lowest BCUT2D eigenvalue weighted by Crippen LogP contribution is -2.46. The average Bonchev–Trinajstić information content (AvgIpc) is 2.70. The number of sulfone groups is 1. The summed E-state index contributed by atoms with van der Waals surface area (Å²) in [7, 11) is -2.97. The third kappa shape index (κ3) is 3.26. The van der Waals surface area contributed by atoms with E-state index in [9.17, 15) is 13.2 Å². The molecule has 2 fully saturated rings. The second-order valence-electron chi connectivity index (χ2n) is 5.26. The Morgan fingerprint density at radius 2 is 2.06 bits per heavy atom. The molecule has 0 N–H and O–H groups in total. The van der Waals surface area contributed by atoms with Crippen LogP contribution in [-0.2, 0) is 14.6 Å². The van der Waals surface area contributed by atoms with Gasteiger partial charge in [0.05, 0.1) is 17.4 Å². The van der Waals surface area contributed by atoms with Gasteiger partial charge in [0.1, 0.15) is 0 Å². The van der Waals surface area contributed by atoms with E-state index in [1.54, 1.807) is 0 Å². The molecular formula is C12H20BrNO3S. The van der Waals surface area contributed by atoms with E-state index in [1.807, 2.05) is 4.90 Å². The monoisotopic (exact) mass is 337 g/mol. The first-order chi connectivity index (χ1) is 8.53. The minimum absolute atomic E-state index is 0.0589. The van der Waals surface area contributed by atoms with Crippen LogP contribution in [0.15, 0.2) is 0 Å². The Labute approximate surface area is 117 Å². The number of piperidine rings is 1. The van der Waals surface area contributed by atoms with Crippen molar-refractivity contribution in [3.63, 3.8) is 0 Å². The molecule has 6 heteroatoms. The molecule has 4 nitrogen and oxygen atoms in total. The third-order valence-electron chi connectivity index (χ3n) is 3.93. The minimum Gasteiger partial charge on any atom is -0.339 e. The number of nitrogens with zero attached hydrogens (tertiary/aromatic N) is 1. The number of amides is 1. The second-order valence-corrected chi connectivity index (χ2v) is 8.28. The predicted molar refractivity (Wildman–Crippen MR) is 74.5 cm³/mol. The number of halogens is 1. The highest BCUT2D eigenvalue weighted by Gasteiger charge is 2.37. The molecule has 2 saturated heterocycles. The molecule has 0 aromatic rings. The van der Waals surface area contributed by atoms with Crippen molar-refractivity contribution in [1.82, 2.24) is 4.90 Å². The lowest BCUT2D eigenvalue weighted by Gasteiger charge is -2.37. The molecule has 0 radical (unpaired) electrons. The van der Waals surface area contributed by atoms with Crippen LogP contribution in [0.3, 0.4) is 0 Å². The van der Waals surface area contributed by atoms with Gasteiger partial charge in [-0.3, -0.25) is 4.79 Å². The van der Waals surface area contributed by atoms with Crippen LogP contribution >= 0.6 is 15.9 Å². The van der Waals surface area contributed by atoms with Crippen LogP contribution in [0, 0.1) is 5.92 Å². The van der Waals surface area contributed by atoms with E-state index < -0.39 is 9.84 Å². The SMILES string of the molecule is O=C(C1CCS(=O)(=O)C1)N1CCCCC1CCBr. The fourth-order valence-corrected chi connectivity index (χ4v) is 5.20. The summed E-state index contributed by atoms with van der Waals surface area (Å²) < 4.78 is 22.9. The Bertz CT molecular complexity index is 408. The summed E-state index contributed by atoms with van der Waals surface area (Å²) in [5, 5.41) is 0.893. The van der Waals surface area contributed by atoms with E-state index in [0.717, 1.165) is 31.1 Å². The summed E-state index contributed by atoms with van der Waals surface area (Å²) >= 11 is 3.43. The van der Waals surface area contributed by atoms with E-state index in [1.165, 1.54) is 6.42 Å². The normalized spacial score (nSPS) is 31.5. The van der Waals surface area contributed by atoms with Crippen molar-refractivity contribution in [2.24, 2.45) is 5.92 Å². The number of carbonyl (C=O) groups is 1. The van der Waals surface area contributed by atoms with Gasteiger partial charge in [-0.05, 0) is 32.1 Å². The number of carbonyl (C=O) groups excluding carboxylic acids is 1. The van der Waals surface area contributed by atoms with E-state index in [4.69, 9.17) is 0 Å². The van der Waals surface area contributed by atoms with Gasteiger partial charge in [-0.2, -0.15) is 0 Å². The molecule has 1 amide bonds. The number of alkyl halides is 1. The first kappa shape index (κ1) is 14.3. The van der Waals surface area contributed by atoms with Crippen LogP contribution in [0.25, 0.3) is 0 Å². The molecule has 0 bridgehead atoms. The minimum atomic E-state index is -2.97. The molecular weight excluding hydrogens is 318 g/mol. The van der Waals surface area contributed by atoms with Crippen molar-refractivity contribution in [3.05, 3.63) is 0 Å². The van der Waals surface area contributed by atoms with Gasteiger partial charge in [0.25, 0.3) is 0 Å². The lowest BCUT2D eigenvalue weighted by atomic mass is 9.97. The molecule has 2 aliphatic heterocycles. The van der Waals surface area contributed by atoms with Crippen molar-refractivity contribution in [2.45, 2.75) is 38.1 Å². The largest absolute Gasteiger partial charge is 0.339 e. The molecule has 2 unspecified atom stereocenters. The summed E-state index contributed by atoms with van der Waals surface area (Å²) in [4.78, 5) is 14.4. The summed E-state index contributed by atoms with van der Waals surface area (Å²) in [6.45, 7) is 0.799. The zero-order valence-electron chi connectivity index (χ0n) is 10.5. The molecule has 2 rings (SSSR count). The maximum atomic E-state index is 12.4. The third-order valence-corrected chi connectivity index (χ3v) is 6.16. The van der Waals surface area contributed by atoms with E-state index in [-0.39, 0.29) is 23.3 Å². The molecule has 0 spiro atoms. The van der Waals surface area contributed by atoms with Crippen LogP contribution in [0.5, 0.6) is 0 Å². The van der Waals surface area contributed by atoms with Crippen molar-refractivity contribution < 1.29 is 13.2 Å². The Morgan fingerprint density at radius 1 is 1.28 bits per heavy atom. The number of hydrogen-bond donors (Lipinski definition) is 0. The number of likely N-dealkylation sites (tertiary alicyclic amines) is 1. The van der Waals surface area contributed by atoms with Crippen molar-refractivity contribution in [1.29, 1.82) is 0 Å². The fourth-order valence-electron chi connectivity index (χ4n) is 2.94.